The molecule has 4 aromatic rings. The summed E-state index contributed by atoms with van der Waals surface area (Å²) in [6, 6.07) is 16.1. The lowest BCUT2D eigenvalue weighted by atomic mass is 10.1. The number of ether oxygens (including phenoxy) is 2. The van der Waals surface area contributed by atoms with Gasteiger partial charge in [-0.15, -0.1) is 12.4 Å². The summed E-state index contributed by atoms with van der Waals surface area (Å²) in [6.45, 7) is 3.73. The second-order valence-electron chi connectivity index (χ2n) is 8.24. The number of para-hydroxylation sites is 2. The van der Waals surface area contributed by atoms with E-state index < -0.39 is 10.0 Å². The third kappa shape index (κ3) is 6.25. The molecular weight excluding hydrogens is 516 g/mol. The van der Waals surface area contributed by atoms with E-state index in [9.17, 15) is 8.42 Å². The Balaban J connectivity index is 0.00000320. The summed E-state index contributed by atoms with van der Waals surface area (Å²) in [7, 11) is -2.34. The van der Waals surface area contributed by atoms with Crippen LogP contribution in [0.25, 0.3) is 11.0 Å². The predicted molar refractivity (Wildman–Crippen MR) is 144 cm³/mol. The number of hydrogen-bond acceptors (Lipinski definition) is 9. The number of nitrogens with one attached hydrogen (secondary N) is 2. The zero-order chi connectivity index (χ0) is 25.0. The molecule has 37 heavy (non-hydrogen) atoms. The average molecular weight is 543 g/mol. The number of methoxy groups -OCH3 is 1. The summed E-state index contributed by atoms with van der Waals surface area (Å²) in [6.07, 6.45) is 2.80. The maximum absolute atomic E-state index is 13.1. The molecule has 0 spiro atoms. The van der Waals surface area contributed by atoms with Gasteiger partial charge in [-0.1, -0.05) is 18.2 Å². The Morgan fingerprint density at radius 1 is 1.00 bits per heavy atom. The van der Waals surface area contributed by atoms with Gasteiger partial charge in [0.05, 0.1) is 31.4 Å². The molecule has 3 heterocycles. The normalized spacial score (nSPS) is 14.1. The first kappa shape index (κ1) is 26.6. The number of aromatic nitrogens is 3. The van der Waals surface area contributed by atoms with Gasteiger partial charge < -0.3 is 14.8 Å². The molecule has 1 saturated heterocycles. The Labute approximate surface area is 221 Å². The number of sulfonamides is 1. The first-order valence-corrected chi connectivity index (χ1v) is 12.9. The van der Waals surface area contributed by atoms with Crippen LogP contribution < -0.4 is 14.8 Å². The maximum atomic E-state index is 13.1. The molecule has 0 unspecified atom stereocenters. The monoisotopic (exact) mass is 542 g/mol. The van der Waals surface area contributed by atoms with Gasteiger partial charge >= 0.3 is 0 Å². The van der Waals surface area contributed by atoms with Crippen molar-refractivity contribution in [3.63, 3.8) is 0 Å². The Hall–Kier alpha value is -3.51. The van der Waals surface area contributed by atoms with Crippen molar-refractivity contribution in [1.29, 1.82) is 0 Å². The highest BCUT2D eigenvalue weighted by molar-refractivity contribution is 7.92. The van der Waals surface area contributed by atoms with Crippen molar-refractivity contribution in [3.8, 4) is 5.75 Å². The minimum absolute atomic E-state index is 0. The maximum Gasteiger partial charge on any atom is 0.264 e. The number of rotatable bonds is 8. The van der Waals surface area contributed by atoms with Crippen LogP contribution >= 0.6 is 12.4 Å². The second kappa shape index (κ2) is 11.7. The van der Waals surface area contributed by atoms with Crippen LogP contribution in [0.5, 0.6) is 5.75 Å². The minimum Gasteiger partial charge on any atom is -0.497 e. The third-order valence-corrected chi connectivity index (χ3v) is 7.14. The van der Waals surface area contributed by atoms with Gasteiger partial charge in [-0.05, 0) is 35.9 Å². The molecule has 0 atom stereocenters. The minimum atomic E-state index is -3.94. The lowest BCUT2D eigenvalue weighted by Gasteiger charge is -2.27. The van der Waals surface area contributed by atoms with Crippen LogP contribution in [0.15, 0.2) is 71.9 Å². The standard InChI is InChI=1S/C25H26N6O4S.ClH/c1-34-19-9-8-18(17-31-11-13-35-14-12-31)23(15-19)29-24-25(28-22-7-3-2-6-21(22)27-24)30-36(32,33)20-5-4-10-26-16-20;/h2-10,15-16H,11-14,17H2,1H3,(H,27,29)(H,28,30);1H. The highest BCUT2D eigenvalue weighted by atomic mass is 35.5. The molecule has 1 fully saturated rings. The Morgan fingerprint density at radius 3 is 2.41 bits per heavy atom. The Kier molecular flexibility index (Phi) is 8.39. The molecule has 0 bridgehead atoms. The van der Waals surface area contributed by atoms with Gasteiger partial charge in [-0.2, -0.15) is 0 Å². The van der Waals surface area contributed by atoms with Crippen molar-refractivity contribution in [2.75, 3.05) is 43.5 Å². The van der Waals surface area contributed by atoms with Crippen LogP contribution in [0.3, 0.4) is 0 Å². The van der Waals surface area contributed by atoms with Crippen molar-refractivity contribution < 1.29 is 17.9 Å². The lowest BCUT2D eigenvalue weighted by Crippen LogP contribution is -2.35. The summed E-state index contributed by atoms with van der Waals surface area (Å²) in [5, 5.41) is 3.32. The van der Waals surface area contributed by atoms with Crippen molar-refractivity contribution in [3.05, 3.63) is 72.6 Å². The molecule has 2 N–H and O–H groups in total. The van der Waals surface area contributed by atoms with Gasteiger partial charge in [-0.25, -0.2) is 18.4 Å². The molecule has 2 aromatic carbocycles. The molecule has 2 aromatic heterocycles. The topological polar surface area (TPSA) is 119 Å². The second-order valence-corrected chi connectivity index (χ2v) is 9.92. The number of anilines is 3. The summed E-state index contributed by atoms with van der Waals surface area (Å²) < 4.78 is 39.7. The van der Waals surface area contributed by atoms with Crippen LogP contribution in [0.1, 0.15) is 5.56 Å². The molecular formula is C25H27ClN6O4S. The van der Waals surface area contributed by atoms with Gasteiger partial charge in [0.2, 0.25) is 0 Å². The van der Waals surface area contributed by atoms with Gasteiger partial charge in [0, 0.05) is 43.8 Å². The molecule has 0 amide bonds. The Morgan fingerprint density at radius 2 is 1.73 bits per heavy atom. The first-order valence-electron chi connectivity index (χ1n) is 11.5. The van der Waals surface area contributed by atoms with E-state index in [0.717, 1.165) is 24.3 Å². The zero-order valence-corrected chi connectivity index (χ0v) is 21.8. The fraction of sp³-hybridized carbons (Fsp3) is 0.240. The zero-order valence-electron chi connectivity index (χ0n) is 20.1. The van der Waals surface area contributed by atoms with Gasteiger partial charge in [0.25, 0.3) is 10.0 Å². The van der Waals surface area contributed by atoms with Gasteiger partial charge in [0.1, 0.15) is 10.6 Å². The number of fused-ring (bicyclic) bond motifs is 1. The third-order valence-electron chi connectivity index (χ3n) is 5.81. The highest BCUT2D eigenvalue weighted by Gasteiger charge is 2.21. The molecule has 1 aliphatic heterocycles. The molecule has 194 valence electrons. The van der Waals surface area contributed by atoms with E-state index in [1.807, 2.05) is 36.4 Å². The van der Waals surface area contributed by atoms with Crippen LogP contribution in [-0.2, 0) is 21.3 Å². The van der Waals surface area contributed by atoms with Crippen molar-refractivity contribution in [2.24, 2.45) is 0 Å². The van der Waals surface area contributed by atoms with Crippen molar-refractivity contribution in [1.82, 2.24) is 19.9 Å². The summed E-state index contributed by atoms with van der Waals surface area (Å²) >= 11 is 0. The fourth-order valence-corrected chi connectivity index (χ4v) is 4.89. The number of hydrogen-bond donors (Lipinski definition) is 2. The number of nitrogens with zero attached hydrogens (tertiary/aromatic N) is 4. The molecule has 1 aliphatic rings. The lowest BCUT2D eigenvalue weighted by molar-refractivity contribution is 0.0342. The van der Waals surface area contributed by atoms with E-state index in [1.54, 1.807) is 19.2 Å². The highest BCUT2D eigenvalue weighted by Crippen LogP contribution is 2.31. The van der Waals surface area contributed by atoms with Crippen LogP contribution in [0, 0.1) is 0 Å². The van der Waals surface area contributed by atoms with E-state index >= 15 is 0 Å². The molecule has 5 rings (SSSR count). The fourth-order valence-electron chi connectivity index (χ4n) is 3.92. The molecule has 0 aliphatic carbocycles. The van der Waals surface area contributed by atoms with Crippen LogP contribution in [0.2, 0.25) is 0 Å². The largest absolute Gasteiger partial charge is 0.497 e. The predicted octanol–water partition coefficient (Wildman–Crippen LogP) is 3.83. The smallest absolute Gasteiger partial charge is 0.264 e. The van der Waals surface area contributed by atoms with Crippen LogP contribution in [0.4, 0.5) is 17.3 Å². The van der Waals surface area contributed by atoms with Crippen molar-refractivity contribution in [2.45, 2.75) is 11.4 Å². The van der Waals surface area contributed by atoms with Gasteiger partial charge in [-0.3, -0.25) is 14.6 Å². The SMILES string of the molecule is COc1ccc(CN2CCOCC2)c(Nc2nc3ccccc3nc2NS(=O)(=O)c2cccnc2)c1.Cl. The van der Waals surface area contributed by atoms with Crippen LogP contribution in [-0.4, -0.2) is 61.7 Å². The van der Waals surface area contributed by atoms with E-state index in [2.05, 4.69) is 24.9 Å². The number of pyridine rings is 1. The van der Waals surface area contributed by atoms with E-state index in [4.69, 9.17) is 14.5 Å². The van der Waals surface area contributed by atoms with Crippen molar-refractivity contribution >= 4 is 50.8 Å². The molecule has 0 radical (unpaired) electrons. The van der Waals surface area contributed by atoms with E-state index in [0.29, 0.717) is 36.5 Å². The summed E-state index contributed by atoms with van der Waals surface area (Å²) in [5.74, 6) is 1.02. The van der Waals surface area contributed by atoms with Gasteiger partial charge in [0.15, 0.2) is 11.6 Å². The molecule has 12 heteroatoms. The Bertz CT molecular complexity index is 1470. The number of benzene rings is 2. The van der Waals surface area contributed by atoms with E-state index in [1.165, 1.54) is 18.5 Å². The first-order chi connectivity index (χ1) is 17.5. The summed E-state index contributed by atoms with van der Waals surface area (Å²) in [5.41, 5.74) is 2.94. The van der Waals surface area contributed by atoms with E-state index in [-0.39, 0.29) is 28.9 Å². The number of morpholine rings is 1. The average Bonchev–Trinajstić information content (AvgIpc) is 2.91. The number of halogens is 1. The molecule has 10 nitrogen and oxygen atoms in total. The quantitative estimate of drug-likeness (QED) is 0.342. The summed E-state index contributed by atoms with van der Waals surface area (Å²) in [4.78, 5) is 15.5. The molecule has 0 saturated carbocycles.